The van der Waals surface area contributed by atoms with Gasteiger partial charge in [-0.25, -0.2) is 4.79 Å². The molecule has 0 radical (unpaired) electrons. The summed E-state index contributed by atoms with van der Waals surface area (Å²) in [6, 6.07) is 6.34. The number of ketones is 1. The molecule has 2 rings (SSSR count). The highest BCUT2D eigenvalue weighted by Crippen LogP contribution is 2.27. The van der Waals surface area contributed by atoms with E-state index in [4.69, 9.17) is 5.11 Å². The summed E-state index contributed by atoms with van der Waals surface area (Å²) in [5.41, 5.74) is 2.01. The summed E-state index contributed by atoms with van der Waals surface area (Å²) in [6.45, 7) is 7.27. The minimum atomic E-state index is -1.21. The summed E-state index contributed by atoms with van der Waals surface area (Å²) in [6.07, 6.45) is 1.93. The maximum atomic E-state index is 12.7. The lowest BCUT2D eigenvalue weighted by atomic mass is 9.85. The Hall–Kier alpha value is -3.69. The van der Waals surface area contributed by atoms with E-state index in [0.29, 0.717) is 12.0 Å². The van der Waals surface area contributed by atoms with Crippen molar-refractivity contribution >= 4 is 29.5 Å². The first-order valence-corrected chi connectivity index (χ1v) is 11.1. The molecule has 1 atom stereocenters. The number of carbonyl (C=O) groups is 4. The van der Waals surface area contributed by atoms with Gasteiger partial charge in [0.05, 0.1) is 6.54 Å². The lowest BCUT2D eigenvalue weighted by molar-refractivity contribution is -0.129. The molecule has 0 aliphatic carbocycles. The van der Waals surface area contributed by atoms with Crippen LogP contribution in [0.25, 0.3) is 11.1 Å². The van der Waals surface area contributed by atoms with E-state index in [-0.39, 0.29) is 35.9 Å². The lowest BCUT2D eigenvalue weighted by Gasteiger charge is -2.22. The second-order valence-corrected chi connectivity index (χ2v) is 9.10. The van der Waals surface area contributed by atoms with Crippen LogP contribution in [0.15, 0.2) is 30.5 Å². The molecule has 0 aliphatic heterocycles. The number of anilines is 1. The Morgan fingerprint density at radius 2 is 1.79 bits per heavy atom. The molecular weight excluding hydrogens is 438 g/mol. The Morgan fingerprint density at radius 1 is 1.15 bits per heavy atom. The summed E-state index contributed by atoms with van der Waals surface area (Å²) in [7, 11) is 1.69. The highest BCUT2D eigenvalue weighted by molar-refractivity contribution is 5.91. The molecule has 184 valence electrons. The van der Waals surface area contributed by atoms with Crippen LogP contribution in [0.3, 0.4) is 0 Å². The van der Waals surface area contributed by atoms with Crippen molar-refractivity contribution in [2.24, 2.45) is 12.5 Å². The molecule has 0 fully saturated rings. The van der Waals surface area contributed by atoms with E-state index < -0.39 is 18.0 Å². The molecule has 3 amide bonds. The first-order valence-electron chi connectivity index (χ1n) is 11.1. The number of hydrogen-bond acceptors (Lipinski definition) is 5. The maximum Gasteiger partial charge on any atom is 0.410 e. The molecular formula is C24H33N5O5. The average molecular weight is 472 g/mol. The second-order valence-electron chi connectivity index (χ2n) is 9.10. The second kappa shape index (κ2) is 11.4. The normalized spacial score (nSPS) is 12.0. The summed E-state index contributed by atoms with van der Waals surface area (Å²) < 4.78 is 1.51. The summed E-state index contributed by atoms with van der Waals surface area (Å²) in [5.74, 6) is -0.625. The lowest BCUT2D eigenvalue weighted by Crippen LogP contribution is -2.48. The van der Waals surface area contributed by atoms with Crippen molar-refractivity contribution in [1.82, 2.24) is 20.4 Å². The van der Waals surface area contributed by atoms with Gasteiger partial charge in [-0.1, -0.05) is 51.5 Å². The topological polar surface area (TPSA) is 142 Å². The van der Waals surface area contributed by atoms with Crippen molar-refractivity contribution in [3.05, 3.63) is 36.0 Å². The third-order valence-electron chi connectivity index (χ3n) is 5.55. The number of carbonyl (C=O) groups excluding carboxylic acids is 3. The largest absolute Gasteiger partial charge is 0.465 e. The zero-order chi connectivity index (χ0) is 25.5. The molecule has 10 heteroatoms. The zero-order valence-corrected chi connectivity index (χ0v) is 20.3. The fourth-order valence-electron chi connectivity index (χ4n) is 3.43. The van der Waals surface area contributed by atoms with Crippen LogP contribution in [0.1, 0.15) is 46.1 Å². The number of amides is 3. The molecule has 1 aromatic carbocycles. The predicted octanol–water partition coefficient (Wildman–Crippen LogP) is 2.74. The van der Waals surface area contributed by atoms with Gasteiger partial charge in [0.15, 0.2) is 11.6 Å². The quantitative estimate of drug-likeness (QED) is 0.397. The Bertz CT molecular complexity index is 1040. The van der Waals surface area contributed by atoms with Crippen molar-refractivity contribution in [2.75, 3.05) is 11.9 Å². The Kier molecular flexibility index (Phi) is 8.94. The van der Waals surface area contributed by atoms with Gasteiger partial charge in [-0.15, -0.1) is 0 Å². The van der Waals surface area contributed by atoms with Gasteiger partial charge in [0.1, 0.15) is 6.04 Å². The van der Waals surface area contributed by atoms with Crippen molar-refractivity contribution < 1.29 is 24.3 Å². The highest BCUT2D eigenvalue weighted by Gasteiger charge is 2.23. The summed E-state index contributed by atoms with van der Waals surface area (Å²) >= 11 is 0. The molecule has 0 bridgehead atoms. The molecule has 34 heavy (non-hydrogen) atoms. The maximum absolute atomic E-state index is 12.7. The fourth-order valence-corrected chi connectivity index (χ4v) is 3.43. The molecule has 10 nitrogen and oxygen atoms in total. The van der Waals surface area contributed by atoms with E-state index in [9.17, 15) is 19.2 Å². The number of nitrogens with zero attached hydrogens (tertiary/aromatic N) is 2. The van der Waals surface area contributed by atoms with Gasteiger partial charge in [-0.3, -0.25) is 24.4 Å². The number of Topliss-reactive ketones (excluding diaryl/α,β-unsaturated/α-hetero) is 1. The van der Waals surface area contributed by atoms with Crippen LogP contribution in [0.2, 0.25) is 0 Å². The first-order chi connectivity index (χ1) is 15.9. The first kappa shape index (κ1) is 26.6. The molecule has 0 saturated heterocycles. The van der Waals surface area contributed by atoms with Gasteiger partial charge in [-0.2, -0.15) is 5.10 Å². The number of carboxylic acid groups (broad SMARTS) is 1. The van der Waals surface area contributed by atoms with Crippen LogP contribution in [0.4, 0.5) is 10.6 Å². The summed E-state index contributed by atoms with van der Waals surface area (Å²) in [4.78, 5) is 47.6. The van der Waals surface area contributed by atoms with E-state index in [1.54, 1.807) is 37.5 Å². The zero-order valence-electron chi connectivity index (χ0n) is 20.3. The van der Waals surface area contributed by atoms with Crippen LogP contribution in [-0.4, -0.2) is 51.2 Å². The highest BCUT2D eigenvalue weighted by atomic mass is 16.4. The van der Waals surface area contributed by atoms with Crippen LogP contribution < -0.4 is 16.0 Å². The van der Waals surface area contributed by atoms with Crippen LogP contribution in [0.5, 0.6) is 0 Å². The van der Waals surface area contributed by atoms with Crippen LogP contribution in [0, 0.1) is 5.41 Å². The number of nitrogens with one attached hydrogen (secondary N) is 3. The van der Waals surface area contributed by atoms with Gasteiger partial charge in [-0.05, 0) is 16.5 Å². The SMILES string of the molecule is CCC(C)(C)CC(=O)CNC(=O)C(Cc1ccc(-c2cn(C)nc2NC(=O)O)cc1)NC(C)=O. The summed E-state index contributed by atoms with van der Waals surface area (Å²) in [5, 5.41) is 20.7. The minimum absolute atomic E-state index is 0.0617. The van der Waals surface area contributed by atoms with E-state index >= 15 is 0 Å². The standard InChI is InChI=1S/C24H33N5O5/c1-6-24(3,4)12-18(31)13-25-22(32)20(26-15(2)30)11-16-7-9-17(10-8-16)19-14-29(5)28-21(19)27-23(33)34/h7-10,14,20H,6,11-13H2,1-5H3,(H,25,32)(H,26,30)(H,27,28)(H,33,34). The van der Waals surface area contributed by atoms with Gasteiger partial charge in [0.25, 0.3) is 0 Å². The minimum Gasteiger partial charge on any atom is -0.465 e. The Morgan fingerprint density at radius 3 is 2.35 bits per heavy atom. The molecule has 0 saturated carbocycles. The number of aryl methyl sites for hydroxylation is 1. The molecule has 2 aromatic rings. The van der Waals surface area contributed by atoms with Gasteiger partial charge in [0.2, 0.25) is 11.8 Å². The predicted molar refractivity (Wildman–Crippen MR) is 128 cm³/mol. The molecule has 1 aromatic heterocycles. The van der Waals surface area contributed by atoms with E-state index in [0.717, 1.165) is 17.5 Å². The third-order valence-corrected chi connectivity index (χ3v) is 5.55. The van der Waals surface area contributed by atoms with E-state index in [2.05, 4.69) is 21.0 Å². The fraction of sp³-hybridized carbons (Fsp3) is 0.458. The molecule has 0 aliphatic rings. The molecule has 4 N–H and O–H groups in total. The number of benzene rings is 1. The molecule has 1 unspecified atom stereocenters. The number of rotatable bonds is 11. The van der Waals surface area contributed by atoms with Crippen molar-refractivity contribution in [3.8, 4) is 11.1 Å². The third kappa shape index (κ3) is 8.02. The molecule has 1 heterocycles. The van der Waals surface area contributed by atoms with Crippen molar-refractivity contribution in [1.29, 1.82) is 0 Å². The van der Waals surface area contributed by atoms with E-state index in [1.807, 2.05) is 20.8 Å². The Balaban J connectivity index is 2.09. The van der Waals surface area contributed by atoms with Gasteiger partial charge >= 0.3 is 6.09 Å². The van der Waals surface area contributed by atoms with E-state index in [1.165, 1.54) is 11.6 Å². The smallest absolute Gasteiger partial charge is 0.410 e. The van der Waals surface area contributed by atoms with Crippen molar-refractivity contribution in [2.45, 2.75) is 53.0 Å². The Labute approximate surface area is 199 Å². The number of hydrogen-bond donors (Lipinski definition) is 4. The van der Waals surface area contributed by atoms with Crippen LogP contribution in [-0.2, 0) is 27.9 Å². The average Bonchev–Trinajstić information content (AvgIpc) is 3.10. The van der Waals surface area contributed by atoms with Crippen LogP contribution >= 0.6 is 0 Å². The molecule has 0 spiro atoms. The number of aromatic nitrogens is 2. The van der Waals surface area contributed by atoms with Gasteiger partial charge in [0, 0.05) is 38.6 Å². The monoisotopic (exact) mass is 471 g/mol. The van der Waals surface area contributed by atoms with Gasteiger partial charge < -0.3 is 15.7 Å². The van der Waals surface area contributed by atoms with Crippen molar-refractivity contribution in [3.63, 3.8) is 0 Å².